The fourth-order valence-corrected chi connectivity index (χ4v) is 3.07. The Labute approximate surface area is 116 Å². The van der Waals surface area contributed by atoms with E-state index in [9.17, 15) is 9.50 Å². The molecule has 18 heavy (non-hydrogen) atoms. The second-order valence-corrected chi connectivity index (χ2v) is 6.34. The van der Waals surface area contributed by atoms with E-state index in [1.54, 1.807) is 6.07 Å². The molecule has 1 fully saturated rings. The molecule has 0 saturated carbocycles. The minimum absolute atomic E-state index is 0.0457. The van der Waals surface area contributed by atoms with E-state index in [-0.39, 0.29) is 17.8 Å². The van der Waals surface area contributed by atoms with Gasteiger partial charge in [-0.2, -0.15) is 0 Å². The van der Waals surface area contributed by atoms with Crippen LogP contribution in [0.25, 0.3) is 0 Å². The zero-order valence-electron chi connectivity index (χ0n) is 10.6. The molecule has 1 aliphatic rings. The third-order valence-electron chi connectivity index (χ3n) is 3.69. The maximum Gasteiger partial charge on any atom is 0.128 e. The number of nitrogens with zero attached hydrogens (tertiary/aromatic N) is 1. The van der Waals surface area contributed by atoms with Crippen LogP contribution in [0.2, 0.25) is 0 Å². The molecule has 100 valence electrons. The smallest absolute Gasteiger partial charge is 0.128 e. The monoisotopic (exact) mass is 315 g/mol. The van der Waals surface area contributed by atoms with Crippen molar-refractivity contribution in [3.05, 3.63) is 34.1 Å². The van der Waals surface area contributed by atoms with Crippen LogP contribution in [0.3, 0.4) is 0 Å². The summed E-state index contributed by atoms with van der Waals surface area (Å²) in [4.78, 5) is 2.23. The molecular weight excluding hydrogens is 297 g/mol. The standard InChI is InChI=1S/C14H19BrFNO/c1-14(10-18)6-3-7-17(9-14)8-11-12(15)4-2-5-13(11)16/h2,4-5,18H,3,6-10H2,1H3. The lowest BCUT2D eigenvalue weighted by atomic mass is 9.82. The SMILES string of the molecule is CC1(CO)CCCN(Cc2c(F)cccc2Br)C1. The van der Waals surface area contributed by atoms with Gasteiger partial charge in [0.15, 0.2) is 0 Å². The van der Waals surface area contributed by atoms with Crippen LogP contribution in [0.15, 0.2) is 22.7 Å². The van der Waals surface area contributed by atoms with Crippen molar-refractivity contribution >= 4 is 15.9 Å². The predicted octanol–water partition coefficient (Wildman–Crippen LogP) is 3.18. The van der Waals surface area contributed by atoms with E-state index in [2.05, 4.69) is 27.8 Å². The van der Waals surface area contributed by atoms with Crippen molar-refractivity contribution in [1.29, 1.82) is 0 Å². The molecule has 0 bridgehead atoms. The van der Waals surface area contributed by atoms with Gasteiger partial charge in [-0.05, 0) is 31.5 Å². The lowest BCUT2D eigenvalue weighted by Crippen LogP contribution is -2.43. The van der Waals surface area contributed by atoms with Crippen molar-refractivity contribution < 1.29 is 9.50 Å². The Morgan fingerprint density at radius 2 is 2.28 bits per heavy atom. The van der Waals surface area contributed by atoms with Gasteiger partial charge in [-0.1, -0.05) is 28.9 Å². The zero-order valence-corrected chi connectivity index (χ0v) is 12.2. The van der Waals surface area contributed by atoms with Crippen LogP contribution in [0.5, 0.6) is 0 Å². The van der Waals surface area contributed by atoms with Crippen LogP contribution in [0.1, 0.15) is 25.3 Å². The number of hydrogen-bond acceptors (Lipinski definition) is 2. The number of aliphatic hydroxyl groups excluding tert-OH is 1. The fourth-order valence-electron chi connectivity index (χ4n) is 2.60. The molecule has 0 radical (unpaired) electrons. The van der Waals surface area contributed by atoms with E-state index in [1.807, 2.05) is 6.07 Å². The van der Waals surface area contributed by atoms with E-state index in [0.717, 1.165) is 30.4 Å². The molecule has 1 N–H and O–H groups in total. The highest BCUT2D eigenvalue weighted by Gasteiger charge is 2.30. The van der Waals surface area contributed by atoms with Crippen molar-refractivity contribution in [2.75, 3.05) is 19.7 Å². The number of piperidine rings is 1. The van der Waals surface area contributed by atoms with Crippen LogP contribution < -0.4 is 0 Å². The van der Waals surface area contributed by atoms with Gasteiger partial charge >= 0.3 is 0 Å². The number of likely N-dealkylation sites (tertiary alicyclic amines) is 1. The quantitative estimate of drug-likeness (QED) is 0.926. The number of hydrogen-bond donors (Lipinski definition) is 1. The first-order chi connectivity index (χ1) is 8.54. The highest BCUT2D eigenvalue weighted by atomic mass is 79.9. The Morgan fingerprint density at radius 1 is 1.50 bits per heavy atom. The predicted molar refractivity (Wildman–Crippen MR) is 73.8 cm³/mol. The Balaban J connectivity index is 2.10. The van der Waals surface area contributed by atoms with E-state index < -0.39 is 0 Å². The van der Waals surface area contributed by atoms with Crippen LogP contribution in [-0.4, -0.2) is 29.7 Å². The first kappa shape index (κ1) is 14.0. The van der Waals surface area contributed by atoms with Crippen molar-refractivity contribution in [3.8, 4) is 0 Å². The minimum Gasteiger partial charge on any atom is -0.396 e. The van der Waals surface area contributed by atoms with Gasteiger partial charge in [0.25, 0.3) is 0 Å². The second-order valence-electron chi connectivity index (χ2n) is 5.48. The van der Waals surface area contributed by atoms with E-state index in [4.69, 9.17) is 0 Å². The lowest BCUT2D eigenvalue weighted by Gasteiger charge is -2.39. The molecule has 0 spiro atoms. The lowest BCUT2D eigenvalue weighted by molar-refractivity contribution is 0.0423. The fraction of sp³-hybridized carbons (Fsp3) is 0.571. The number of aliphatic hydroxyl groups is 1. The summed E-state index contributed by atoms with van der Waals surface area (Å²) in [6.07, 6.45) is 2.10. The molecule has 1 aromatic carbocycles. The first-order valence-electron chi connectivity index (χ1n) is 6.30. The molecule has 0 amide bonds. The molecule has 2 rings (SSSR count). The average molecular weight is 316 g/mol. The van der Waals surface area contributed by atoms with Crippen LogP contribution in [0, 0.1) is 11.2 Å². The highest BCUT2D eigenvalue weighted by molar-refractivity contribution is 9.10. The van der Waals surface area contributed by atoms with Gasteiger partial charge in [-0.3, -0.25) is 4.90 Å². The van der Waals surface area contributed by atoms with Crippen LogP contribution >= 0.6 is 15.9 Å². The van der Waals surface area contributed by atoms with Gasteiger partial charge < -0.3 is 5.11 Å². The Morgan fingerprint density at radius 3 is 2.94 bits per heavy atom. The summed E-state index contributed by atoms with van der Waals surface area (Å²) in [7, 11) is 0. The van der Waals surface area contributed by atoms with E-state index in [0.29, 0.717) is 12.1 Å². The van der Waals surface area contributed by atoms with Gasteiger partial charge in [0.1, 0.15) is 5.82 Å². The summed E-state index contributed by atoms with van der Waals surface area (Å²) in [5.74, 6) is -0.166. The van der Waals surface area contributed by atoms with Crippen molar-refractivity contribution in [3.63, 3.8) is 0 Å². The number of halogens is 2. The second kappa shape index (κ2) is 5.68. The maximum absolute atomic E-state index is 13.8. The molecule has 1 aliphatic heterocycles. The van der Waals surface area contributed by atoms with Gasteiger partial charge in [0.05, 0.1) is 0 Å². The summed E-state index contributed by atoms with van der Waals surface area (Å²) in [6.45, 7) is 4.68. The summed E-state index contributed by atoms with van der Waals surface area (Å²) in [5, 5.41) is 9.43. The Bertz CT molecular complexity index is 406. The Kier molecular flexibility index (Phi) is 4.41. The number of rotatable bonds is 3. The molecular formula is C14H19BrFNO. The normalized spacial score (nSPS) is 25.3. The molecule has 2 nitrogen and oxygen atoms in total. The molecule has 1 aromatic rings. The van der Waals surface area contributed by atoms with E-state index >= 15 is 0 Å². The molecule has 0 aromatic heterocycles. The molecule has 0 aliphatic carbocycles. The third-order valence-corrected chi connectivity index (χ3v) is 4.43. The summed E-state index contributed by atoms with van der Waals surface area (Å²) >= 11 is 3.40. The van der Waals surface area contributed by atoms with Crippen LogP contribution in [0.4, 0.5) is 4.39 Å². The molecule has 1 unspecified atom stereocenters. The van der Waals surface area contributed by atoms with Gasteiger partial charge in [-0.15, -0.1) is 0 Å². The largest absolute Gasteiger partial charge is 0.396 e. The summed E-state index contributed by atoms with van der Waals surface area (Å²) in [6, 6.07) is 5.07. The highest BCUT2D eigenvalue weighted by Crippen LogP contribution is 2.31. The Hall–Kier alpha value is -0.450. The molecule has 4 heteroatoms. The molecule has 1 heterocycles. The zero-order chi connectivity index (χ0) is 13.2. The number of benzene rings is 1. The van der Waals surface area contributed by atoms with Gasteiger partial charge in [0, 0.05) is 35.1 Å². The third kappa shape index (κ3) is 3.11. The van der Waals surface area contributed by atoms with Gasteiger partial charge in [-0.25, -0.2) is 4.39 Å². The molecule has 1 atom stereocenters. The van der Waals surface area contributed by atoms with Crippen molar-refractivity contribution in [2.24, 2.45) is 5.41 Å². The average Bonchev–Trinajstić information content (AvgIpc) is 2.34. The van der Waals surface area contributed by atoms with Gasteiger partial charge in [0.2, 0.25) is 0 Å². The van der Waals surface area contributed by atoms with Crippen molar-refractivity contribution in [1.82, 2.24) is 4.90 Å². The summed E-state index contributed by atoms with van der Waals surface area (Å²) < 4.78 is 14.6. The molecule has 1 saturated heterocycles. The maximum atomic E-state index is 13.8. The van der Waals surface area contributed by atoms with E-state index in [1.165, 1.54) is 6.07 Å². The minimum atomic E-state index is -0.166. The van der Waals surface area contributed by atoms with Crippen LogP contribution in [-0.2, 0) is 6.54 Å². The topological polar surface area (TPSA) is 23.5 Å². The summed E-state index contributed by atoms with van der Waals surface area (Å²) in [5.41, 5.74) is 0.662. The van der Waals surface area contributed by atoms with Crippen molar-refractivity contribution in [2.45, 2.75) is 26.3 Å². The first-order valence-corrected chi connectivity index (χ1v) is 7.09.